The summed E-state index contributed by atoms with van der Waals surface area (Å²) in [6.07, 6.45) is 0. The van der Waals surface area contributed by atoms with Crippen molar-refractivity contribution in [3.63, 3.8) is 0 Å². The van der Waals surface area contributed by atoms with Crippen LogP contribution in [0.2, 0.25) is 0 Å². The number of hydrogen-bond acceptors (Lipinski definition) is 4. The van der Waals surface area contributed by atoms with Gasteiger partial charge in [0.25, 0.3) is 0 Å². The average Bonchev–Trinajstić information content (AvgIpc) is 2.69. The number of ether oxygens (including phenoxy) is 2. The first-order chi connectivity index (χ1) is 9.13. The third-order valence-electron chi connectivity index (χ3n) is 2.76. The Hall–Kier alpha value is -0.840. The summed E-state index contributed by atoms with van der Waals surface area (Å²) < 4.78 is 16.4. The van der Waals surface area contributed by atoms with Gasteiger partial charge in [-0.25, -0.2) is 0 Å². The van der Waals surface area contributed by atoms with Crippen molar-refractivity contribution < 1.29 is 13.9 Å². The first kappa shape index (κ1) is 16.2. The number of hydrogen-bond donors (Lipinski definition) is 1. The molecule has 0 spiro atoms. The molecule has 0 bridgehead atoms. The summed E-state index contributed by atoms with van der Waals surface area (Å²) in [5, 5.41) is 3.42. The molecule has 0 aliphatic rings. The van der Waals surface area contributed by atoms with Crippen molar-refractivity contribution in [3.05, 3.63) is 23.2 Å². The van der Waals surface area contributed by atoms with Crippen molar-refractivity contribution in [3.8, 4) is 0 Å². The molecule has 0 atom stereocenters. The molecule has 1 rings (SSSR count). The minimum atomic E-state index is 0.512. The lowest BCUT2D eigenvalue weighted by Crippen LogP contribution is -2.18. The van der Waals surface area contributed by atoms with Crippen LogP contribution in [0.4, 0.5) is 0 Å². The van der Waals surface area contributed by atoms with Gasteiger partial charge in [0.1, 0.15) is 18.1 Å². The minimum absolute atomic E-state index is 0.512. The zero-order valence-electron chi connectivity index (χ0n) is 12.6. The molecule has 0 unspecified atom stereocenters. The number of nitrogens with one attached hydrogen (secondary N) is 1. The Morgan fingerprint density at radius 1 is 1.26 bits per heavy atom. The Balaban J connectivity index is 2.28. The maximum atomic E-state index is 5.67. The van der Waals surface area contributed by atoms with E-state index in [1.54, 1.807) is 0 Å². The van der Waals surface area contributed by atoms with Gasteiger partial charge in [-0.3, -0.25) is 0 Å². The summed E-state index contributed by atoms with van der Waals surface area (Å²) in [6.45, 7) is 12.7. The molecule has 0 aliphatic carbocycles. The van der Waals surface area contributed by atoms with E-state index >= 15 is 0 Å². The highest BCUT2D eigenvalue weighted by Gasteiger charge is 2.07. The molecule has 4 nitrogen and oxygen atoms in total. The van der Waals surface area contributed by atoms with Crippen LogP contribution in [-0.2, 0) is 22.6 Å². The van der Waals surface area contributed by atoms with Gasteiger partial charge in [0.05, 0.1) is 13.2 Å². The van der Waals surface area contributed by atoms with Crippen LogP contribution in [-0.4, -0.2) is 26.4 Å². The molecule has 0 radical (unpaired) electrons. The summed E-state index contributed by atoms with van der Waals surface area (Å²) in [4.78, 5) is 0. The van der Waals surface area contributed by atoms with Crippen LogP contribution >= 0.6 is 0 Å². The second-order valence-corrected chi connectivity index (χ2v) is 5.07. The predicted octanol–water partition coefficient (Wildman–Crippen LogP) is 2.89. The fraction of sp³-hybridized carbons (Fsp3) is 0.733. The molecule has 0 aliphatic heterocycles. The van der Waals surface area contributed by atoms with Gasteiger partial charge in [-0.05, 0) is 32.4 Å². The zero-order valence-corrected chi connectivity index (χ0v) is 12.6. The Kier molecular flexibility index (Phi) is 7.79. The highest BCUT2D eigenvalue weighted by atomic mass is 16.5. The second-order valence-electron chi connectivity index (χ2n) is 5.07. The van der Waals surface area contributed by atoms with Gasteiger partial charge >= 0.3 is 0 Å². The van der Waals surface area contributed by atoms with Crippen LogP contribution in [0.1, 0.15) is 37.9 Å². The minimum Gasteiger partial charge on any atom is -0.464 e. The first-order valence-corrected chi connectivity index (χ1v) is 7.07. The van der Waals surface area contributed by atoms with Gasteiger partial charge in [0, 0.05) is 18.7 Å². The molecule has 0 saturated heterocycles. The Bertz CT molecular complexity index is 347. The zero-order chi connectivity index (χ0) is 14.1. The summed E-state index contributed by atoms with van der Waals surface area (Å²) in [6, 6.07) is 2.07. The van der Waals surface area contributed by atoms with Crippen LogP contribution in [0.3, 0.4) is 0 Å². The maximum absolute atomic E-state index is 5.67. The van der Waals surface area contributed by atoms with Crippen molar-refractivity contribution in [2.45, 2.75) is 40.8 Å². The number of aryl methyl sites for hydroxylation is 1. The normalized spacial score (nSPS) is 11.4. The lowest BCUT2D eigenvalue weighted by molar-refractivity contribution is 0.0388. The van der Waals surface area contributed by atoms with Crippen molar-refractivity contribution >= 4 is 0 Å². The van der Waals surface area contributed by atoms with Crippen molar-refractivity contribution in [1.29, 1.82) is 0 Å². The summed E-state index contributed by atoms with van der Waals surface area (Å²) in [5.41, 5.74) is 1.21. The average molecular weight is 269 g/mol. The van der Waals surface area contributed by atoms with Gasteiger partial charge in [-0.1, -0.05) is 13.8 Å². The molecule has 1 heterocycles. The lowest BCUT2D eigenvalue weighted by atomic mass is 10.2. The Morgan fingerprint density at radius 2 is 2.00 bits per heavy atom. The predicted molar refractivity (Wildman–Crippen MR) is 76.1 cm³/mol. The van der Waals surface area contributed by atoms with E-state index in [2.05, 4.69) is 25.2 Å². The molecule has 0 saturated carbocycles. The quantitative estimate of drug-likeness (QED) is 0.663. The third kappa shape index (κ3) is 6.76. The van der Waals surface area contributed by atoms with Gasteiger partial charge in [0.15, 0.2) is 0 Å². The summed E-state index contributed by atoms with van der Waals surface area (Å²) in [5.74, 6) is 2.52. The van der Waals surface area contributed by atoms with Crippen molar-refractivity contribution in [2.75, 3.05) is 26.4 Å². The van der Waals surface area contributed by atoms with E-state index in [9.17, 15) is 0 Å². The van der Waals surface area contributed by atoms with Crippen LogP contribution in [0.25, 0.3) is 0 Å². The molecule has 0 fully saturated rings. The molecule has 0 aromatic carbocycles. The molecule has 1 N–H and O–H groups in total. The van der Waals surface area contributed by atoms with Gasteiger partial charge in [-0.2, -0.15) is 0 Å². The fourth-order valence-corrected chi connectivity index (χ4v) is 1.76. The van der Waals surface area contributed by atoms with Gasteiger partial charge < -0.3 is 19.2 Å². The molecule has 1 aromatic heterocycles. The van der Waals surface area contributed by atoms with E-state index < -0.39 is 0 Å². The molecular formula is C15H27NO3. The molecule has 0 amide bonds. The van der Waals surface area contributed by atoms with Crippen molar-refractivity contribution in [2.24, 2.45) is 5.92 Å². The van der Waals surface area contributed by atoms with Gasteiger partial charge in [0.2, 0.25) is 0 Å². The van der Waals surface area contributed by atoms with E-state index in [0.29, 0.717) is 25.7 Å². The highest BCUT2D eigenvalue weighted by molar-refractivity contribution is 5.20. The van der Waals surface area contributed by atoms with Crippen LogP contribution < -0.4 is 5.32 Å². The van der Waals surface area contributed by atoms with Crippen LogP contribution in [0, 0.1) is 12.8 Å². The molecule has 4 heteroatoms. The smallest absolute Gasteiger partial charge is 0.130 e. The standard InChI is InChI=1S/C15H27NO3/c1-5-17-6-7-18-11-15-8-14(13(4)19-15)10-16-9-12(2)3/h8,12,16H,5-7,9-11H2,1-4H3. The van der Waals surface area contributed by atoms with Gasteiger partial charge in [-0.15, -0.1) is 0 Å². The monoisotopic (exact) mass is 269 g/mol. The largest absolute Gasteiger partial charge is 0.464 e. The fourth-order valence-electron chi connectivity index (χ4n) is 1.76. The number of rotatable bonds is 10. The second kappa shape index (κ2) is 9.13. The van der Waals surface area contributed by atoms with Crippen LogP contribution in [0.15, 0.2) is 10.5 Å². The summed E-state index contributed by atoms with van der Waals surface area (Å²) >= 11 is 0. The number of furan rings is 1. The van der Waals surface area contributed by atoms with E-state index in [1.165, 1.54) is 5.56 Å². The van der Waals surface area contributed by atoms with E-state index in [-0.39, 0.29) is 0 Å². The maximum Gasteiger partial charge on any atom is 0.130 e. The van der Waals surface area contributed by atoms with E-state index in [4.69, 9.17) is 13.9 Å². The molecule has 110 valence electrons. The molecular weight excluding hydrogens is 242 g/mol. The summed E-state index contributed by atoms with van der Waals surface area (Å²) in [7, 11) is 0. The SMILES string of the molecule is CCOCCOCc1cc(CNCC(C)C)c(C)o1. The van der Waals surface area contributed by atoms with Crippen LogP contribution in [0.5, 0.6) is 0 Å². The molecule has 19 heavy (non-hydrogen) atoms. The third-order valence-corrected chi connectivity index (χ3v) is 2.76. The van der Waals surface area contributed by atoms with E-state index in [1.807, 2.05) is 13.8 Å². The van der Waals surface area contributed by atoms with E-state index in [0.717, 1.165) is 31.2 Å². The first-order valence-electron chi connectivity index (χ1n) is 7.07. The van der Waals surface area contributed by atoms with Crippen molar-refractivity contribution in [1.82, 2.24) is 5.32 Å². The Labute approximate surface area is 116 Å². The lowest BCUT2D eigenvalue weighted by Gasteiger charge is -2.05. The highest BCUT2D eigenvalue weighted by Crippen LogP contribution is 2.15. The Morgan fingerprint density at radius 3 is 2.68 bits per heavy atom. The molecule has 1 aromatic rings. The topological polar surface area (TPSA) is 43.6 Å².